The Bertz CT molecular complexity index is 1050. The smallest absolute Gasteiger partial charge is 0.376 e. The summed E-state index contributed by atoms with van der Waals surface area (Å²) in [5.41, 5.74) is 2.47. The summed E-state index contributed by atoms with van der Waals surface area (Å²) in [6, 6.07) is 19.5. The van der Waals surface area contributed by atoms with E-state index in [0.29, 0.717) is 12.3 Å². The number of rotatable bonds is 8. The molecule has 2 aromatic rings. The highest BCUT2D eigenvalue weighted by atomic mass is 16.5. The Kier molecular flexibility index (Phi) is 9.79. The van der Waals surface area contributed by atoms with Gasteiger partial charge in [-0.15, -0.1) is 0 Å². The fourth-order valence-electron chi connectivity index (χ4n) is 6.22. The molecule has 7 heteroatoms. The van der Waals surface area contributed by atoms with E-state index in [-0.39, 0.29) is 29.5 Å². The van der Waals surface area contributed by atoms with E-state index in [9.17, 15) is 9.82 Å². The Morgan fingerprint density at radius 1 is 0.974 bits per heavy atom. The van der Waals surface area contributed by atoms with Crippen molar-refractivity contribution in [2.24, 2.45) is 11.3 Å². The highest BCUT2D eigenvalue weighted by molar-refractivity contribution is 6.45. The molecule has 1 unspecified atom stereocenters. The second-order valence-electron chi connectivity index (χ2n) is 12.8. The molecule has 212 valence electrons. The van der Waals surface area contributed by atoms with Crippen molar-refractivity contribution >= 4 is 13.0 Å². The summed E-state index contributed by atoms with van der Waals surface area (Å²) in [5.74, 6) is 1.58. The number of ether oxygens (including phenoxy) is 1. The second-order valence-corrected chi connectivity index (χ2v) is 12.8. The third-order valence-electron chi connectivity index (χ3n) is 8.42. The summed E-state index contributed by atoms with van der Waals surface area (Å²) in [6.45, 7) is 16.9. The summed E-state index contributed by atoms with van der Waals surface area (Å²) < 4.78 is 5.91. The minimum Gasteiger partial charge on any atom is -0.491 e. The molecule has 0 spiro atoms. The zero-order chi connectivity index (χ0) is 28.2. The van der Waals surface area contributed by atoms with Crippen LogP contribution in [0.1, 0.15) is 71.0 Å². The number of amides is 1. The van der Waals surface area contributed by atoms with Crippen LogP contribution in [-0.4, -0.2) is 77.5 Å². The quantitative estimate of drug-likeness (QED) is 0.465. The molecule has 2 heterocycles. The summed E-state index contributed by atoms with van der Waals surface area (Å²) in [6.07, 6.45) is 2.71. The fraction of sp³-hybridized carbons (Fsp3) is 0.594. The maximum absolute atomic E-state index is 13.7. The van der Waals surface area contributed by atoms with Gasteiger partial charge < -0.3 is 19.5 Å². The monoisotopic (exact) mass is 533 g/mol. The zero-order valence-corrected chi connectivity index (χ0v) is 24.8. The molecular formula is C32H48BN3O3. The van der Waals surface area contributed by atoms with Gasteiger partial charge in [0.25, 0.3) is 0 Å². The van der Waals surface area contributed by atoms with Crippen molar-refractivity contribution in [1.82, 2.24) is 14.6 Å². The number of carbonyl (C=O) groups excluding carboxylic acids is 1. The van der Waals surface area contributed by atoms with Crippen molar-refractivity contribution < 1.29 is 14.6 Å². The van der Waals surface area contributed by atoms with Gasteiger partial charge in [-0.3, -0.25) is 9.69 Å². The molecule has 6 nitrogen and oxygen atoms in total. The van der Waals surface area contributed by atoms with Crippen LogP contribution < -0.4 is 4.74 Å². The molecule has 39 heavy (non-hydrogen) atoms. The van der Waals surface area contributed by atoms with Gasteiger partial charge in [-0.05, 0) is 81.2 Å². The first-order chi connectivity index (χ1) is 18.5. The van der Waals surface area contributed by atoms with Gasteiger partial charge in [-0.1, -0.05) is 63.2 Å². The highest BCUT2D eigenvalue weighted by Crippen LogP contribution is 2.36. The molecular weight excluding hydrogens is 485 g/mol. The van der Waals surface area contributed by atoms with E-state index in [2.05, 4.69) is 90.0 Å². The average molecular weight is 534 g/mol. The van der Waals surface area contributed by atoms with E-state index < -0.39 is 7.05 Å². The van der Waals surface area contributed by atoms with Gasteiger partial charge in [0, 0.05) is 32.1 Å². The Hall–Kier alpha value is -2.35. The number of hydrogen-bond donors (Lipinski definition) is 1. The lowest BCUT2D eigenvalue weighted by Crippen LogP contribution is -2.60. The van der Waals surface area contributed by atoms with Crippen molar-refractivity contribution in [3.63, 3.8) is 0 Å². The molecule has 0 saturated carbocycles. The van der Waals surface area contributed by atoms with Gasteiger partial charge in [-0.25, -0.2) is 0 Å². The highest BCUT2D eigenvalue weighted by Gasteiger charge is 2.40. The first-order valence-corrected chi connectivity index (χ1v) is 14.8. The number of carbonyl (C=O) groups is 1. The molecule has 1 N–H and O–H groups in total. The molecule has 2 aliphatic rings. The molecule has 0 aromatic heterocycles. The topological polar surface area (TPSA) is 56.2 Å². The van der Waals surface area contributed by atoms with Crippen molar-refractivity contribution in [3.8, 4) is 5.75 Å². The van der Waals surface area contributed by atoms with Gasteiger partial charge in [-0.2, -0.15) is 0 Å². The first kappa shape index (κ1) is 29.6. The van der Waals surface area contributed by atoms with E-state index >= 15 is 0 Å². The molecule has 0 bridgehead atoms. The van der Waals surface area contributed by atoms with Crippen LogP contribution in [0.5, 0.6) is 5.75 Å². The molecule has 2 aliphatic heterocycles. The van der Waals surface area contributed by atoms with Gasteiger partial charge in [0.2, 0.25) is 5.91 Å². The van der Waals surface area contributed by atoms with Crippen molar-refractivity contribution in [3.05, 3.63) is 65.7 Å². The van der Waals surface area contributed by atoms with Gasteiger partial charge in [0.15, 0.2) is 0 Å². The van der Waals surface area contributed by atoms with Crippen molar-refractivity contribution in [2.45, 2.75) is 78.9 Å². The number of hydrogen-bond acceptors (Lipinski definition) is 5. The van der Waals surface area contributed by atoms with Crippen LogP contribution in [-0.2, 0) is 4.79 Å². The third kappa shape index (κ3) is 7.65. The maximum Gasteiger partial charge on any atom is 0.376 e. The average Bonchev–Trinajstić information content (AvgIpc) is 2.90. The van der Waals surface area contributed by atoms with E-state index in [0.717, 1.165) is 51.3 Å². The second kappa shape index (κ2) is 12.9. The standard InChI is InChI=1S/C32H48BN3O3/c1-24(2)39-28-14-12-27(13-15-28)31(26-10-8-7-9-11-26)34-20-21-36(29(23-34)32(3,4)5)30(37)22-25-16-18-35(19-17-25)33(6)38/h7-15,24-25,29,31,38H,16-23H2,1-6H3/t29-,31?/m1/s1. The van der Waals surface area contributed by atoms with E-state index in [1.165, 1.54) is 11.1 Å². The van der Waals surface area contributed by atoms with E-state index in [4.69, 9.17) is 4.74 Å². The lowest BCUT2D eigenvalue weighted by Gasteiger charge is -2.50. The SMILES string of the molecule is CB(O)N1CCC(CC(=O)N2CCN(C(c3ccccc3)c3ccc(OC(C)C)cc3)C[C@@H]2C(C)(C)C)CC1. The summed E-state index contributed by atoms with van der Waals surface area (Å²) >= 11 is 0. The van der Waals surface area contributed by atoms with Crippen LogP contribution in [0.4, 0.5) is 0 Å². The molecule has 2 saturated heterocycles. The lowest BCUT2D eigenvalue weighted by molar-refractivity contribution is -0.141. The van der Waals surface area contributed by atoms with E-state index in [1.807, 2.05) is 20.7 Å². The molecule has 2 aromatic carbocycles. The maximum atomic E-state index is 13.7. The van der Waals surface area contributed by atoms with Crippen LogP contribution >= 0.6 is 0 Å². The Morgan fingerprint density at radius 2 is 1.59 bits per heavy atom. The van der Waals surface area contributed by atoms with Gasteiger partial charge in [0.1, 0.15) is 5.75 Å². The Balaban J connectivity index is 1.52. The molecule has 2 fully saturated rings. The number of piperazine rings is 1. The minimum atomic E-state index is -0.406. The lowest BCUT2D eigenvalue weighted by atomic mass is 9.80. The fourth-order valence-corrected chi connectivity index (χ4v) is 6.22. The predicted molar refractivity (Wildman–Crippen MR) is 160 cm³/mol. The largest absolute Gasteiger partial charge is 0.491 e. The Labute approximate surface area is 236 Å². The van der Waals surface area contributed by atoms with E-state index in [1.54, 1.807) is 0 Å². The van der Waals surface area contributed by atoms with Gasteiger partial charge in [0.05, 0.1) is 12.1 Å². The molecule has 1 amide bonds. The molecule has 2 atom stereocenters. The van der Waals surface area contributed by atoms with Crippen LogP contribution in [0.15, 0.2) is 54.6 Å². The summed E-state index contributed by atoms with van der Waals surface area (Å²) in [4.78, 5) is 20.6. The molecule has 0 aliphatic carbocycles. The van der Waals surface area contributed by atoms with Crippen LogP contribution in [0.2, 0.25) is 6.82 Å². The van der Waals surface area contributed by atoms with Crippen LogP contribution in [0.3, 0.4) is 0 Å². The Morgan fingerprint density at radius 3 is 2.15 bits per heavy atom. The zero-order valence-electron chi connectivity index (χ0n) is 24.8. The first-order valence-electron chi connectivity index (χ1n) is 14.8. The number of piperidine rings is 1. The van der Waals surface area contributed by atoms with Crippen LogP contribution in [0, 0.1) is 11.3 Å². The van der Waals surface area contributed by atoms with Crippen molar-refractivity contribution in [1.29, 1.82) is 0 Å². The third-order valence-corrected chi connectivity index (χ3v) is 8.42. The summed E-state index contributed by atoms with van der Waals surface area (Å²) in [7, 11) is -0.406. The van der Waals surface area contributed by atoms with Crippen molar-refractivity contribution in [2.75, 3.05) is 32.7 Å². The normalized spacial score (nSPS) is 20.7. The van der Waals surface area contributed by atoms with Crippen LogP contribution in [0.25, 0.3) is 0 Å². The number of benzene rings is 2. The number of nitrogens with zero attached hydrogens (tertiary/aromatic N) is 3. The van der Waals surface area contributed by atoms with Gasteiger partial charge >= 0.3 is 7.05 Å². The summed E-state index contributed by atoms with van der Waals surface area (Å²) in [5, 5.41) is 9.90. The molecule has 4 rings (SSSR count). The minimum absolute atomic E-state index is 0.0415. The predicted octanol–water partition coefficient (Wildman–Crippen LogP) is 5.33. The molecule has 0 radical (unpaired) electrons.